The largest absolute Gasteiger partial charge is 0.381 e. The number of urea groups is 3. The van der Waals surface area contributed by atoms with Crippen molar-refractivity contribution >= 4 is 89.6 Å². The number of hydrogen-bond acceptors (Lipinski definition) is 21. The molecule has 3 saturated carbocycles. The number of rotatable bonds is 21. The van der Waals surface area contributed by atoms with Crippen molar-refractivity contribution in [2.75, 3.05) is 91.2 Å². The van der Waals surface area contributed by atoms with Gasteiger partial charge in [-0.25, -0.2) is 44.3 Å². The van der Waals surface area contributed by atoms with Gasteiger partial charge in [0.05, 0.1) is 35.0 Å². The summed E-state index contributed by atoms with van der Waals surface area (Å²) in [6.45, 7) is 10.1. The van der Waals surface area contributed by atoms with Crippen molar-refractivity contribution in [3.63, 3.8) is 0 Å². The number of aromatic nitrogens is 6. The maximum Gasteiger partial charge on any atom is 0.328 e. The Morgan fingerprint density at radius 3 is 0.921 bits per heavy atom. The van der Waals surface area contributed by atoms with E-state index in [2.05, 4.69) is 64.1 Å². The number of pyridine rings is 6. The lowest BCUT2D eigenvalue weighted by Gasteiger charge is -2.35. The number of methoxy groups -OCH3 is 3. The van der Waals surface area contributed by atoms with Gasteiger partial charge in [0.15, 0.2) is 18.9 Å². The Labute approximate surface area is 662 Å². The number of fused-ring (bicyclic) bond motifs is 3. The molecule has 594 valence electrons. The monoisotopic (exact) mass is 1550 g/mol. The van der Waals surface area contributed by atoms with Crippen LogP contribution in [0, 0.1) is 69.5 Å². The van der Waals surface area contributed by atoms with Gasteiger partial charge in [-0.3, -0.25) is 59.4 Å². The van der Waals surface area contributed by atoms with Gasteiger partial charge in [-0.05, 0) is 203 Å². The molecule has 15 rings (SSSR count). The van der Waals surface area contributed by atoms with Crippen LogP contribution in [0.3, 0.4) is 0 Å². The minimum absolute atomic E-state index is 0.00840. The van der Waals surface area contributed by atoms with E-state index in [1.165, 1.54) is 33.3 Å². The molecule has 0 radical (unpaired) electrons. The lowest BCUT2D eigenvalue weighted by molar-refractivity contribution is -0.131. The summed E-state index contributed by atoms with van der Waals surface area (Å²) in [7, 11) is 5.11. The topological polar surface area (TPSA) is 386 Å². The van der Waals surface area contributed by atoms with Crippen LogP contribution in [-0.2, 0) is 86.8 Å². The molecule has 0 aromatic carbocycles. The van der Waals surface area contributed by atoms with Gasteiger partial charge in [-0.1, -0.05) is 20.8 Å². The number of likely N-dealkylation sites (tertiary alicyclic amines) is 3. The molecule has 9 atom stereocenters. The summed E-state index contributed by atoms with van der Waals surface area (Å²) >= 11 is 0. The molecular weight excluding hydrogens is 1450 g/mol. The van der Waals surface area contributed by atoms with Gasteiger partial charge in [0.2, 0.25) is 17.7 Å². The number of nitrogens with one attached hydrogen (secondary N) is 3. The van der Waals surface area contributed by atoms with Crippen molar-refractivity contribution in [2.24, 2.45) is 35.5 Å². The zero-order valence-electron chi connectivity index (χ0n) is 65.3. The van der Waals surface area contributed by atoms with Crippen LogP contribution in [0.25, 0.3) is 0 Å². The van der Waals surface area contributed by atoms with Gasteiger partial charge >= 0.3 is 18.1 Å². The second kappa shape index (κ2) is 36.1. The first-order chi connectivity index (χ1) is 55.2. The molecule has 0 bridgehead atoms. The number of nitriles is 3. The zero-order chi connectivity index (χ0) is 80.4. The molecule has 114 heavy (non-hydrogen) atoms. The minimum Gasteiger partial charge on any atom is -0.381 e. The van der Waals surface area contributed by atoms with Crippen molar-refractivity contribution in [3.8, 4) is 18.2 Å². The SMILES string of the molecule is CO[C@@H]1CC[C@H]1Cc1cc(NC(=O)N2CCCc3cc(CN4CCC(C)C4=O)c(C=O)nc32)ncc1C#N.CO[C@@H]1CC[C@H]1Cc1cc(NC(=O)N2CCCc3cc(CN4CC[C@@H](C)C4=O)c(C=O)nc32)ncc1C#N.CO[C@H]1CC[C@@H]1Cc1cc(NC(=O)N2CCCc3cc(CN4CC[C@@H](C)C4=O)c(C=O)nc32)ncc1C#N. The molecule has 3 saturated heterocycles. The lowest BCUT2D eigenvalue weighted by Crippen LogP contribution is -2.40. The number of hydrogen-bond donors (Lipinski definition) is 3. The summed E-state index contributed by atoms with van der Waals surface area (Å²) in [5.41, 5.74) is 9.40. The number of carbonyl (C=O) groups excluding carboxylic acids is 9. The van der Waals surface area contributed by atoms with E-state index in [1.54, 1.807) is 54.2 Å². The highest BCUT2D eigenvalue weighted by atomic mass is 16.5. The fraction of sp³-hybridized carbons (Fsp3) is 0.500. The second-order valence-electron chi connectivity index (χ2n) is 31.3. The van der Waals surface area contributed by atoms with Gasteiger partial charge in [0.25, 0.3) is 0 Å². The average Bonchev–Trinajstić information content (AvgIpc) is 1.06. The number of aryl methyl sites for hydroxylation is 3. The van der Waals surface area contributed by atoms with E-state index in [0.717, 1.165) is 130 Å². The van der Waals surface area contributed by atoms with E-state index in [4.69, 9.17) is 14.2 Å². The van der Waals surface area contributed by atoms with Crippen LogP contribution in [0.4, 0.5) is 49.3 Å². The molecule has 6 aromatic heterocycles. The van der Waals surface area contributed by atoms with Gasteiger partial charge in [-0.15, -0.1) is 0 Å². The third kappa shape index (κ3) is 17.6. The van der Waals surface area contributed by atoms with E-state index in [-0.39, 0.29) is 70.9 Å². The predicted molar refractivity (Wildman–Crippen MR) is 419 cm³/mol. The molecule has 3 aliphatic carbocycles. The Kier molecular flexibility index (Phi) is 25.5. The molecule has 3 N–H and O–H groups in total. The molecule has 9 amide bonds. The van der Waals surface area contributed by atoms with Crippen molar-refractivity contribution in [1.82, 2.24) is 44.6 Å². The molecule has 12 heterocycles. The first-order valence-corrected chi connectivity index (χ1v) is 39.6. The third-order valence-electron chi connectivity index (χ3n) is 24.1. The van der Waals surface area contributed by atoms with Gasteiger partial charge in [0, 0.05) is 133 Å². The van der Waals surface area contributed by atoms with E-state index < -0.39 is 18.1 Å². The Hall–Kier alpha value is -11.5. The summed E-state index contributed by atoms with van der Waals surface area (Å²) in [6.07, 6.45) is 22.1. The lowest BCUT2D eigenvalue weighted by atomic mass is 9.77. The smallest absolute Gasteiger partial charge is 0.328 e. The minimum atomic E-state index is -0.395. The summed E-state index contributed by atoms with van der Waals surface area (Å²) in [6, 6.07) is 16.4. The van der Waals surface area contributed by atoms with Crippen molar-refractivity contribution in [1.29, 1.82) is 15.8 Å². The molecule has 30 nitrogen and oxygen atoms in total. The quantitative estimate of drug-likeness (QED) is 0.0564. The van der Waals surface area contributed by atoms with Crippen LogP contribution < -0.4 is 30.7 Å². The molecule has 6 aromatic rings. The van der Waals surface area contributed by atoms with Gasteiger partial charge in [-0.2, -0.15) is 15.8 Å². The first kappa shape index (κ1) is 80.5. The van der Waals surface area contributed by atoms with Crippen molar-refractivity contribution in [3.05, 3.63) is 139 Å². The Bertz CT molecular complexity index is 4380. The molecule has 6 aliphatic heterocycles. The molecule has 1 unspecified atom stereocenters. The average molecular weight is 1550 g/mol. The summed E-state index contributed by atoms with van der Waals surface area (Å²) < 4.78 is 16.5. The summed E-state index contributed by atoms with van der Waals surface area (Å²) in [5, 5.41) is 37.2. The molecule has 30 heteroatoms. The fourth-order valence-corrected chi connectivity index (χ4v) is 16.9. The van der Waals surface area contributed by atoms with Crippen molar-refractivity contribution in [2.45, 2.75) is 174 Å². The maximum absolute atomic E-state index is 13.3. The van der Waals surface area contributed by atoms with E-state index in [9.17, 15) is 58.9 Å². The first-order valence-electron chi connectivity index (χ1n) is 39.6. The Morgan fingerprint density at radius 2 is 0.702 bits per heavy atom. The van der Waals surface area contributed by atoms with Crippen LogP contribution in [0.1, 0.15) is 196 Å². The number of carbonyl (C=O) groups is 9. The van der Waals surface area contributed by atoms with Crippen LogP contribution >= 0.6 is 0 Å². The molecular formula is C84H96N18O12. The number of nitrogens with zero attached hydrogens (tertiary/aromatic N) is 15. The summed E-state index contributed by atoms with van der Waals surface area (Å²) in [5.74, 6) is 3.69. The molecule has 0 spiro atoms. The van der Waals surface area contributed by atoms with Gasteiger partial charge < -0.3 is 28.9 Å². The van der Waals surface area contributed by atoms with E-state index in [1.807, 2.05) is 39.0 Å². The van der Waals surface area contributed by atoms with E-state index in [0.29, 0.717) is 183 Å². The van der Waals surface area contributed by atoms with Gasteiger partial charge in [0.1, 0.15) is 70.2 Å². The highest BCUT2D eigenvalue weighted by Crippen LogP contribution is 2.39. The predicted octanol–water partition coefficient (Wildman–Crippen LogP) is 10.4. The Morgan fingerprint density at radius 1 is 0.421 bits per heavy atom. The van der Waals surface area contributed by atoms with Crippen LogP contribution in [-0.4, -0.2) is 178 Å². The highest BCUT2D eigenvalue weighted by molar-refractivity contribution is 6.04. The maximum atomic E-state index is 13.3. The number of amides is 9. The van der Waals surface area contributed by atoms with Crippen LogP contribution in [0.15, 0.2) is 55.0 Å². The van der Waals surface area contributed by atoms with Crippen LogP contribution in [0.2, 0.25) is 0 Å². The number of anilines is 6. The Balaban J connectivity index is 0.000000149. The highest BCUT2D eigenvalue weighted by Gasteiger charge is 2.38. The summed E-state index contributed by atoms with van der Waals surface area (Å²) in [4.78, 5) is 149. The fourth-order valence-electron chi connectivity index (χ4n) is 16.9. The standard InChI is InChI=1S/3C28H32N6O4/c3*1-17-7-9-33(27(17)36)15-21-11-19-4-3-8-34(26(19)31-23(21)16-35)28(37)32-25-12-20(22(13-29)14-30-25)10-18-5-6-24(18)38-2/h3*11-12,14,16-18,24H,3-10,15H2,1-2H3,(H,30,32,37)/t17?,18-,24+;17-,18+,24-;17-,18-,24+/m011/s1. The third-order valence-corrected chi connectivity index (χ3v) is 24.1. The second-order valence-corrected chi connectivity index (χ2v) is 31.3. The molecule has 9 aliphatic rings. The zero-order valence-corrected chi connectivity index (χ0v) is 65.3. The molecule has 6 fully saturated rings. The van der Waals surface area contributed by atoms with Crippen molar-refractivity contribution < 1.29 is 57.4 Å². The van der Waals surface area contributed by atoms with E-state index >= 15 is 0 Å². The van der Waals surface area contributed by atoms with Crippen LogP contribution in [0.5, 0.6) is 0 Å². The normalized spacial score (nSPS) is 22.4. The number of ether oxygens (including phenoxy) is 3. The number of aldehydes is 3.